The topological polar surface area (TPSA) is 51.7 Å². The van der Waals surface area contributed by atoms with Crippen LogP contribution < -0.4 is 9.64 Å². The van der Waals surface area contributed by atoms with Crippen molar-refractivity contribution in [2.24, 2.45) is 0 Å². The summed E-state index contributed by atoms with van der Waals surface area (Å²) in [5, 5.41) is 2.85. The van der Waals surface area contributed by atoms with Gasteiger partial charge in [-0.3, -0.25) is 9.69 Å². The maximum Gasteiger partial charge on any atom is 0.260 e. The number of methoxy groups -OCH3 is 1. The first-order chi connectivity index (χ1) is 14.7. The smallest absolute Gasteiger partial charge is 0.260 e. The van der Waals surface area contributed by atoms with Gasteiger partial charge in [0.25, 0.3) is 5.91 Å². The van der Waals surface area contributed by atoms with Gasteiger partial charge in [0.2, 0.25) is 0 Å². The highest BCUT2D eigenvalue weighted by atomic mass is 32.1. The number of amides is 1. The van der Waals surface area contributed by atoms with Crippen molar-refractivity contribution in [3.05, 3.63) is 66.2 Å². The minimum atomic E-state index is -0.0534. The van der Waals surface area contributed by atoms with Crippen LogP contribution in [0.15, 0.2) is 60.7 Å². The van der Waals surface area contributed by atoms with Gasteiger partial charge in [-0.15, -0.1) is 0 Å². The first kappa shape index (κ1) is 19.0. The van der Waals surface area contributed by atoms with Crippen molar-refractivity contribution in [2.75, 3.05) is 25.2 Å². The molecular weight excluding hydrogens is 396 g/mol. The molecule has 1 atom stereocenters. The van der Waals surface area contributed by atoms with Crippen LogP contribution in [-0.2, 0) is 4.74 Å². The molecular formula is C24H22N2O3S. The monoisotopic (exact) mass is 418 g/mol. The number of ether oxygens (including phenoxy) is 2. The Labute approximate surface area is 178 Å². The third kappa shape index (κ3) is 3.64. The summed E-state index contributed by atoms with van der Waals surface area (Å²) in [5.74, 6) is 0.702. The number of anilines is 1. The van der Waals surface area contributed by atoms with Crippen molar-refractivity contribution >= 4 is 43.4 Å². The largest absolute Gasteiger partial charge is 0.497 e. The van der Waals surface area contributed by atoms with E-state index >= 15 is 0 Å². The van der Waals surface area contributed by atoms with Gasteiger partial charge in [-0.25, -0.2) is 4.98 Å². The number of nitrogens with zero attached hydrogens (tertiary/aromatic N) is 2. The van der Waals surface area contributed by atoms with Crippen molar-refractivity contribution in [1.82, 2.24) is 4.98 Å². The molecule has 1 aliphatic heterocycles. The first-order valence-corrected chi connectivity index (χ1v) is 10.9. The number of carbonyl (C=O) groups is 1. The molecule has 0 spiro atoms. The fourth-order valence-electron chi connectivity index (χ4n) is 3.86. The Kier molecular flexibility index (Phi) is 5.11. The molecule has 0 aliphatic carbocycles. The zero-order valence-electron chi connectivity index (χ0n) is 16.7. The van der Waals surface area contributed by atoms with Crippen LogP contribution in [0.25, 0.3) is 21.0 Å². The van der Waals surface area contributed by atoms with Crippen molar-refractivity contribution < 1.29 is 14.3 Å². The zero-order valence-corrected chi connectivity index (χ0v) is 17.5. The maximum absolute atomic E-state index is 13.6. The molecule has 1 fully saturated rings. The lowest BCUT2D eigenvalue weighted by atomic mass is 10.1. The average molecular weight is 419 g/mol. The molecule has 0 bridgehead atoms. The van der Waals surface area contributed by atoms with Crippen LogP contribution in [0.1, 0.15) is 23.2 Å². The minimum absolute atomic E-state index is 0.0379. The molecule has 1 saturated heterocycles. The number of hydrogen-bond acceptors (Lipinski definition) is 5. The molecule has 152 valence electrons. The second-order valence-corrected chi connectivity index (χ2v) is 8.45. The fraction of sp³-hybridized carbons (Fsp3) is 0.250. The summed E-state index contributed by atoms with van der Waals surface area (Å²) in [6.07, 6.45) is 2.02. The summed E-state index contributed by atoms with van der Waals surface area (Å²) in [5.41, 5.74) is 1.49. The van der Waals surface area contributed by atoms with E-state index in [1.807, 2.05) is 54.6 Å². The molecule has 6 heteroatoms. The lowest BCUT2D eigenvalue weighted by Gasteiger charge is -2.23. The lowest BCUT2D eigenvalue weighted by Crippen LogP contribution is -2.37. The molecule has 3 aromatic carbocycles. The molecule has 1 aliphatic rings. The molecule has 1 aromatic heterocycles. The number of thiazole rings is 1. The number of fused-ring (bicyclic) bond motifs is 2. The lowest BCUT2D eigenvalue weighted by molar-refractivity contribution is 0.0917. The molecule has 4 aromatic rings. The predicted molar refractivity (Wildman–Crippen MR) is 121 cm³/mol. The van der Waals surface area contributed by atoms with Gasteiger partial charge in [-0.05, 0) is 47.9 Å². The van der Waals surface area contributed by atoms with Gasteiger partial charge < -0.3 is 9.47 Å². The highest BCUT2D eigenvalue weighted by Crippen LogP contribution is 2.33. The van der Waals surface area contributed by atoms with E-state index in [0.29, 0.717) is 17.2 Å². The third-order valence-electron chi connectivity index (χ3n) is 5.47. The normalized spacial score (nSPS) is 16.2. The van der Waals surface area contributed by atoms with E-state index in [1.165, 1.54) is 11.3 Å². The third-order valence-corrected chi connectivity index (χ3v) is 6.53. The van der Waals surface area contributed by atoms with Crippen LogP contribution in [0.3, 0.4) is 0 Å². The van der Waals surface area contributed by atoms with E-state index in [0.717, 1.165) is 46.2 Å². The average Bonchev–Trinajstić information content (AvgIpc) is 3.45. The van der Waals surface area contributed by atoms with Gasteiger partial charge in [0.1, 0.15) is 5.75 Å². The highest BCUT2D eigenvalue weighted by molar-refractivity contribution is 7.22. The Morgan fingerprint density at radius 3 is 2.83 bits per heavy atom. The SMILES string of the molecule is COc1ccc2sc(N(CC3CCCO3)C(=O)c3ccc4ccccc4c3)nc2c1. The van der Waals surface area contributed by atoms with E-state index in [-0.39, 0.29) is 12.0 Å². The van der Waals surface area contributed by atoms with E-state index in [4.69, 9.17) is 14.5 Å². The van der Waals surface area contributed by atoms with Gasteiger partial charge in [0.05, 0.1) is 30.0 Å². The van der Waals surface area contributed by atoms with Crippen LogP contribution in [0, 0.1) is 0 Å². The second kappa shape index (κ2) is 8.05. The van der Waals surface area contributed by atoms with E-state index in [9.17, 15) is 4.79 Å². The van der Waals surface area contributed by atoms with Crippen molar-refractivity contribution in [3.8, 4) is 5.75 Å². The molecule has 5 rings (SSSR count). The molecule has 2 heterocycles. The summed E-state index contributed by atoms with van der Waals surface area (Å²) >= 11 is 1.52. The Morgan fingerprint density at radius 2 is 2.03 bits per heavy atom. The number of rotatable bonds is 5. The van der Waals surface area contributed by atoms with Crippen molar-refractivity contribution in [2.45, 2.75) is 18.9 Å². The number of hydrogen-bond donors (Lipinski definition) is 0. The summed E-state index contributed by atoms with van der Waals surface area (Å²) < 4.78 is 12.2. The Morgan fingerprint density at radius 1 is 1.17 bits per heavy atom. The zero-order chi connectivity index (χ0) is 20.5. The van der Waals surface area contributed by atoms with E-state index in [1.54, 1.807) is 12.0 Å². The number of aromatic nitrogens is 1. The Hall–Kier alpha value is -2.96. The number of benzene rings is 3. The van der Waals surface area contributed by atoms with Crippen LogP contribution in [0.2, 0.25) is 0 Å². The van der Waals surface area contributed by atoms with Crippen LogP contribution in [0.5, 0.6) is 5.75 Å². The molecule has 5 nitrogen and oxygen atoms in total. The van der Waals surface area contributed by atoms with Crippen LogP contribution >= 0.6 is 11.3 Å². The predicted octanol–water partition coefficient (Wildman–Crippen LogP) is 5.28. The van der Waals surface area contributed by atoms with Gasteiger partial charge in [0.15, 0.2) is 5.13 Å². The van der Waals surface area contributed by atoms with E-state index in [2.05, 4.69) is 6.07 Å². The van der Waals surface area contributed by atoms with Gasteiger partial charge in [-0.1, -0.05) is 41.7 Å². The highest BCUT2D eigenvalue weighted by Gasteiger charge is 2.27. The summed E-state index contributed by atoms with van der Waals surface area (Å²) in [6, 6.07) is 19.7. The number of carbonyl (C=O) groups excluding carboxylic acids is 1. The summed E-state index contributed by atoms with van der Waals surface area (Å²) in [6.45, 7) is 1.25. The second-order valence-electron chi connectivity index (χ2n) is 7.44. The van der Waals surface area contributed by atoms with Crippen molar-refractivity contribution in [1.29, 1.82) is 0 Å². The molecule has 30 heavy (non-hydrogen) atoms. The van der Waals surface area contributed by atoms with Crippen LogP contribution in [-0.4, -0.2) is 37.3 Å². The van der Waals surface area contributed by atoms with E-state index < -0.39 is 0 Å². The Bertz CT molecular complexity index is 1210. The van der Waals surface area contributed by atoms with Crippen LogP contribution in [0.4, 0.5) is 5.13 Å². The minimum Gasteiger partial charge on any atom is -0.497 e. The first-order valence-electron chi connectivity index (χ1n) is 10.1. The van der Waals surface area contributed by atoms with Crippen molar-refractivity contribution in [3.63, 3.8) is 0 Å². The molecule has 0 N–H and O–H groups in total. The van der Waals surface area contributed by atoms with Gasteiger partial charge in [-0.2, -0.15) is 0 Å². The fourth-order valence-corrected chi connectivity index (χ4v) is 4.81. The Balaban J connectivity index is 1.54. The standard InChI is InChI=1S/C24H22N2O3S/c1-28-19-10-11-22-21(14-19)25-24(30-22)26(15-20-7-4-12-29-20)23(27)18-9-8-16-5-2-3-6-17(16)13-18/h2-3,5-6,8-11,13-14,20H,4,7,12,15H2,1H3. The maximum atomic E-state index is 13.6. The summed E-state index contributed by atoms with van der Waals surface area (Å²) in [7, 11) is 1.64. The van der Waals surface area contributed by atoms with Gasteiger partial charge >= 0.3 is 0 Å². The summed E-state index contributed by atoms with van der Waals surface area (Å²) in [4.78, 5) is 20.1. The van der Waals surface area contributed by atoms with Gasteiger partial charge in [0, 0.05) is 18.2 Å². The molecule has 0 radical (unpaired) electrons. The molecule has 1 amide bonds. The molecule has 0 saturated carbocycles. The quantitative estimate of drug-likeness (QED) is 0.442. The molecule has 1 unspecified atom stereocenters.